The predicted molar refractivity (Wildman–Crippen MR) is 524 cm³/mol. The zero-order valence-electron chi connectivity index (χ0n) is 68.9. The van der Waals surface area contributed by atoms with Gasteiger partial charge in [-0.25, -0.2) is 0 Å². The zero-order chi connectivity index (χ0) is 81.9. The highest BCUT2D eigenvalue weighted by molar-refractivity contribution is 7.26. The molecule has 0 saturated carbocycles. The van der Waals surface area contributed by atoms with Crippen molar-refractivity contribution in [1.29, 1.82) is 0 Å². The van der Waals surface area contributed by atoms with Gasteiger partial charge in [-0.15, -0.1) is 22.7 Å². The molecular weight excluding hydrogens is 1530 g/mol. The summed E-state index contributed by atoms with van der Waals surface area (Å²) in [5.74, 6) is 0. The second-order valence-corrected chi connectivity index (χ2v) is 37.5. The molecule has 24 aromatic rings. The summed E-state index contributed by atoms with van der Waals surface area (Å²) in [5, 5.41) is 15.5. The van der Waals surface area contributed by atoms with E-state index < -0.39 is 0 Å². The molecule has 582 valence electrons. The Bertz CT molecular complexity index is 8240. The number of para-hydroxylation sites is 4. The number of nitrogens with zero attached hydrogens (tertiary/aromatic N) is 3. The maximum Gasteiger partial charge on any atom is 0.136 e. The maximum absolute atomic E-state index is 6.18. The molecule has 123 heavy (non-hydrogen) atoms. The van der Waals surface area contributed by atoms with Crippen LogP contribution in [0.5, 0.6) is 0 Å². The van der Waals surface area contributed by atoms with E-state index in [9.17, 15) is 0 Å². The lowest BCUT2D eigenvalue weighted by Crippen LogP contribution is -2.16. The molecule has 3 aliphatic rings. The number of thiophene rings is 2. The van der Waals surface area contributed by atoms with Crippen LogP contribution in [0.2, 0.25) is 0 Å². The van der Waals surface area contributed by atoms with Crippen molar-refractivity contribution in [2.45, 2.75) is 57.8 Å². The van der Waals surface area contributed by atoms with Crippen LogP contribution >= 0.6 is 22.7 Å². The highest BCUT2D eigenvalue weighted by atomic mass is 32.1. The topological polar surface area (TPSA) is 27.9 Å². The average molecular weight is 1610 g/mol. The first-order chi connectivity index (χ1) is 60.3. The van der Waals surface area contributed by atoms with Crippen molar-refractivity contribution in [3.8, 4) is 83.8 Å². The number of fused-ring (bicyclic) bond motifs is 30. The molecule has 18 aromatic carbocycles. The first-order valence-electron chi connectivity index (χ1n) is 42.8. The van der Waals surface area contributed by atoms with Crippen LogP contribution < -0.4 is 0 Å². The summed E-state index contributed by atoms with van der Waals surface area (Å²) in [5.41, 5.74) is 36.8. The van der Waals surface area contributed by atoms with Crippen molar-refractivity contribution >= 4 is 150 Å². The second kappa shape index (κ2) is 26.8. The molecule has 3 aliphatic carbocycles. The predicted octanol–water partition coefficient (Wildman–Crippen LogP) is 32.9. The van der Waals surface area contributed by atoms with Crippen LogP contribution in [0, 0.1) is 0 Å². The summed E-state index contributed by atoms with van der Waals surface area (Å²) in [6, 6.07) is 141. The summed E-state index contributed by atoms with van der Waals surface area (Å²) in [4.78, 5) is 0. The van der Waals surface area contributed by atoms with Gasteiger partial charge in [-0.1, -0.05) is 321 Å². The molecule has 0 amide bonds. The van der Waals surface area contributed by atoms with Crippen molar-refractivity contribution in [1.82, 2.24) is 13.7 Å². The molecule has 0 fully saturated rings. The molecule has 27 rings (SSSR count). The molecule has 0 atom stereocenters. The average Bonchev–Trinajstić information content (AvgIpc) is 1.55. The van der Waals surface area contributed by atoms with E-state index in [0.717, 1.165) is 27.5 Å². The largest absolute Gasteiger partial charge is 0.456 e. The third-order valence-electron chi connectivity index (χ3n) is 27.6. The molecular formula is C117H81N3OS2. The van der Waals surface area contributed by atoms with Crippen LogP contribution in [0.3, 0.4) is 0 Å². The number of benzene rings is 18. The number of furan rings is 1. The molecule has 0 aliphatic heterocycles. The summed E-state index contributed by atoms with van der Waals surface area (Å²) >= 11 is 3.75. The Labute approximate surface area is 720 Å². The number of hydrogen-bond donors (Lipinski definition) is 0. The van der Waals surface area contributed by atoms with Crippen LogP contribution in [-0.2, 0) is 16.2 Å². The smallest absolute Gasteiger partial charge is 0.136 e. The Morgan fingerprint density at radius 1 is 0.203 bits per heavy atom. The molecule has 0 N–H and O–H groups in total. The Hall–Kier alpha value is -14.4. The van der Waals surface area contributed by atoms with Gasteiger partial charge in [-0.05, 0) is 203 Å². The van der Waals surface area contributed by atoms with E-state index in [1.807, 2.05) is 34.8 Å². The van der Waals surface area contributed by atoms with Gasteiger partial charge in [0.2, 0.25) is 0 Å². The van der Waals surface area contributed by atoms with E-state index in [0.29, 0.717) is 0 Å². The zero-order valence-corrected chi connectivity index (χ0v) is 70.6. The summed E-state index contributed by atoms with van der Waals surface area (Å²) in [6.45, 7) is 14.3. The molecule has 6 aromatic heterocycles. The molecule has 6 heteroatoms. The van der Waals surface area contributed by atoms with Gasteiger partial charge in [0.15, 0.2) is 0 Å². The fourth-order valence-electron chi connectivity index (χ4n) is 21.9. The summed E-state index contributed by atoms with van der Waals surface area (Å²) in [7, 11) is 0. The van der Waals surface area contributed by atoms with Gasteiger partial charge in [0, 0.05) is 117 Å². The number of aromatic nitrogens is 3. The van der Waals surface area contributed by atoms with E-state index in [1.54, 1.807) is 0 Å². The third kappa shape index (κ3) is 10.6. The van der Waals surface area contributed by atoms with Crippen LogP contribution in [-0.4, -0.2) is 13.7 Å². The number of hydrogen-bond acceptors (Lipinski definition) is 3. The van der Waals surface area contributed by atoms with Gasteiger partial charge in [0.05, 0.1) is 33.1 Å². The standard InChI is InChI=1S/C39H27NO.2C39H27NS/c1-39(2)33-12-6-3-9-27(33)31-21-22-32-28-10-4-7-13-34(28)40(38(32)37(31)39)26-18-15-24(16-19-26)25-17-20-30-29-11-5-8-14-35(29)41-36(30)23-25;1-39(2)33-12-6-3-9-27(33)30-20-21-31-28-10-4-7-13-34(28)40(38(31)37(30)39)26-18-15-24(16-19-26)25-17-22-36-32(23-25)29-11-5-8-14-35(29)41-36;1-39(2)33-12-6-3-9-27(33)31-21-22-32-28-10-4-7-13-34(28)40(38(32)37(31)39)26-18-15-24(16-19-26)25-17-20-30-29-11-5-8-14-35(29)41-36(30)23-25/h3*3-23H,1-2H3. The van der Waals surface area contributed by atoms with Crippen LogP contribution in [0.15, 0.2) is 387 Å². The summed E-state index contributed by atoms with van der Waals surface area (Å²) in [6.07, 6.45) is 0. The van der Waals surface area contributed by atoms with Crippen LogP contribution in [0.4, 0.5) is 0 Å². The minimum Gasteiger partial charge on any atom is -0.456 e. The normalized spacial score (nSPS) is 13.8. The van der Waals surface area contributed by atoms with Gasteiger partial charge >= 0.3 is 0 Å². The highest BCUT2D eigenvalue weighted by Crippen LogP contribution is 2.57. The Morgan fingerprint density at radius 2 is 0.504 bits per heavy atom. The lowest BCUT2D eigenvalue weighted by molar-refractivity contribution is 0.663. The minimum absolute atomic E-state index is 0.0861. The van der Waals surface area contributed by atoms with Crippen molar-refractivity contribution < 1.29 is 4.42 Å². The van der Waals surface area contributed by atoms with Crippen molar-refractivity contribution in [2.24, 2.45) is 0 Å². The SMILES string of the molecule is CC1(C)c2ccccc2-c2ccc3c4ccccc4n(-c4ccc(-c5ccc6c(c5)oc5ccccc56)cc4)c3c21.CC1(C)c2ccccc2-c2ccc3c4ccccc4n(-c4ccc(-c5ccc6c(c5)sc5ccccc56)cc4)c3c21.CC1(C)c2ccccc2-c2ccc3c4ccccc4n(-c4ccc(-c5ccc6sc7ccccc7c6c5)cc4)c3c21. The van der Waals surface area contributed by atoms with E-state index in [1.165, 1.54) is 217 Å². The monoisotopic (exact) mass is 1610 g/mol. The molecule has 0 spiro atoms. The van der Waals surface area contributed by atoms with Gasteiger partial charge in [-0.2, -0.15) is 0 Å². The fraction of sp³-hybridized carbons (Fsp3) is 0.0769. The second-order valence-electron chi connectivity index (χ2n) is 35.3. The quantitative estimate of drug-likeness (QED) is 0.163. The summed E-state index contributed by atoms with van der Waals surface area (Å²) < 4.78 is 19.0. The van der Waals surface area contributed by atoms with Crippen LogP contribution in [0.25, 0.3) is 212 Å². The molecule has 0 radical (unpaired) electrons. The molecule has 0 unspecified atom stereocenters. The molecule has 4 nitrogen and oxygen atoms in total. The number of rotatable bonds is 6. The third-order valence-corrected chi connectivity index (χ3v) is 29.9. The Morgan fingerprint density at radius 3 is 0.951 bits per heavy atom. The molecule has 6 heterocycles. The Kier molecular flexibility index (Phi) is 15.6. The lowest BCUT2D eigenvalue weighted by atomic mass is 9.81. The fourth-order valence-corrected chi connectivity index (χ4v) is 24.1. The van der Waals surface area contributed by atoms with Crippen molar-refractivity contribution in [3.05, 3.63) is 416 Å². The van der Waals surface area contributed by atoms with Gasteiger partial charge in [0.1, 0.15) is 11.2 Å². The minimum atomic E-state index is -0.0977. The first-order valence-corrected chi connectivity index (χ1v) is 44.5. The van der Waals surface area contributed by atoms with Crippen LogP contribution in [0.1, 0.15) is 74.9 Å². The van der Waals surface area contributed by atoms with Gasteiger partial charge in [0.25, 0.3) is 0 Å². The lowest BCUT2D eigenvalue weighted by Gasteiger charge is -2.23. The van der Waals surface area contributed by atoms with E-state index in [4.69, 9.17) is 4.42 Å². The van der Waals surface area contributed by atoms with Gasteiger partial charge < -0.3 is 18.1 Å². The first kappa shape index (κ1) is 71.5. The van der Waals surface area contributed by atoms with Gasteiger partial charge in [-0.3, -0.25) is 0 Å². The van der Waals surface area contributed by atoms with Crippen molar-refractivity contribution in [3.63, 3.8) is 0 Å². The highest BCUT2D eigenvalue weighted by Gasteiger charge is 2.42. The van der Waals surface area contributed by atoms with E-state index >= 15 is 0 Å². The van der Waals surface area contributed by atoms with Crippen molar-refractivity contribution in [2.75, 3.05) is 0 Å². The van der Waals surface area contributed by atoms with E-state index in [2.05, 4.69) is 425 Å². The van der Waals surface area contributed by atoms with E-state index in [-0.39, 0.29) is 16.2 Å². The maximum atomic E-state index is 6.18. The molecule has 0 bridgehead atoms. The molecule has 0 saturated heterocycles. The Balaban J connectivity index is 0.000000101.